The molecule has 0 aliphatic carbocycles. The van der Waals surface area contributed by atoms with Crippen molar-refractivity contribution in [2.75, 3.05) is 4.90 Å². The van der Waals surface area contributed by atoms with Gasteiger partial charge in [-0.25, -0.2) is 4.79 Å². The molecule has 0 aromatic heterocycles. The van der Waals surface area contributed by atoms with Gasteiger partial charge in [0.1, 0.15) is 6.61 Å². The van der Waals surface area contributed by atoms with Crippen molar-refractivity contribution in [1.29, 1.82) is 0 Å². The summed E-state index contributed by atoms with van der Waals surface area (Å²) in [5.74, 6) is 0.726. The lowest BCUT2D eigenvalue weighted by molar-refractivity contribution is -0.194. The summed E-state index contributed by atoms with van der Waals surface area (Å²) in [6.07, 6.45) is 0. The van der Waals surface area contributed by atoms with E-state index in [1.165, 1.54) is 0 Å². The summed E-state index contributed by atoms with van der Waals surface area (Å²) in [6, 6.07) is 13.7. The van der Waals surface area contributed by atoms with E-state index in [9.17, 15) is 4.79 Å². The van der Waals surface area contributed by atoms with Gasteiger partial charge >= 0.3 is 6.03 Å². The molecule has 0 bridgehead atoms. The van der Waals surface area contributed by atoms with Crippen LogP contribution in [0.25, 0.3) is 0 Å². The van der Waals surface area contributed by atoms with Crippen LogP contribution in [0.3, 0.4) is 0 Å². The number of carbonyl (C=O) groups excluding carboxylic acids is 1. The summed E-state index contributed by atoms with van der Waals surface area (Å²) in [7, 11) is 0. The van der Waals surface area contributed by atoms with Gasteiger partial charge in [0, 0.05) is 17.2 Å². The van der Waals surface area contributed by atoms with E-state index in [0.29, 0.717) is 6.61 Å². The first-order valence-electron chi connectivity index (χ1n) is 7.76. The molecule has 0 spiro atoms. The zero-order valence-corrected chi connectivity index (χ0v) is 13.1. The van der Waals surface area contributed by atoms with Crippen molar-refractivity contribution < 1.29 is 14.6 Å². The van der Waals surface area contributed by atoms with E-state index in [-0.39, 0.29) is 18.1 Å². The molecule has 2 aliphatic rings. The lowest BCUT2D eigenvalue weighted by Gasteiger charge is -2.37. The summed E-state index contributed by atoms with van der Waals surface area (Å²) in [4.78, 5) is 24.7. The second kappa shape index (κ2) is 5.28. The molecule has 23 heavy (non-hydrogen) atoms. The SMILES string of the molecule is CC(C)N1C(=O)NC(c2ccccc2)c2cc3c(cc21)COO3. The highest BCUT2D eigenvalue weighted by molar-refractivity contribution is 5.97. The Kier molecular flexibility index (Phi) is 3.23. The van der Waals surface area contributed by atoms with Crippen molar-refractivity contribution in [3.63, 3.8) is 0 Å². The number of urea groups is 1. The number of nitrogens with zero attached hydrogens (tertiary/aromatic N) is 1. The summed E-state index contributed by atoms with van der Waals surface area (Å²) >= 11 is 0. The number of rotatable bonds is 2. The van der Waals surface area contributed by atoms with Crippen LogP contribution in [0.15, 0.2) is 42.5 Å². The molecule has 1 atom stereocenters. The minimum absolute atomic E-state index is 0.0618. The number of nitrogens with one attached hydrogen (secondary N) is 1. The Labute approximate surface area is 134 Å². The van der Waals surface area contributed by atoms with E-state index >= 15 is 0 Å². The molecule has 2 aliphatic heterocycles. The monoisotopic (exact) mass is 310 g/mol. The molecule has 0 saturated carbocycles. The molecule has 4 rings (SSSR count). The second-order valence-electron chi connectivity index (χ2n) is 6.12. The maximum Gasteiger partial charge on any atom is 0.322 e. The molecule has 2 heterocycles. The van der Waals surface area contributed by atoms with E-state index in [1.807, 2.05) is 56.3 Å². The van der Waals surface area contributed by atoms with E-state index in [0.717, 1.165) is 28.1 Å². The van der Waals surface area contributed by atoms with Crippen LogP contribution in [-0.4, -0.2) is 12.1 Å². The molecule has 2 aromatic rings. The fourth-order valence-corrected chi connectivity index (χ4v) is 3.22. The fraction of sp³-hybridized carbons (Fsp3) is 0.278. The summed E-state index contributed by atoms with van der Waals surface area (Å²) < 4.78 is 0. The third-order valence-corrected chi connectivity index (χ3v) is 4.28. The van der Waals surface area contributed by atoms with Gasteiger partial charge in [-0.2, -0.15) is 4.89 Å². The number of benzene rings is 2. The molecule has 0 saturated heterocycles. The largest absolute Gasteiger partial charge is 0.337 e. The summed E-state index contributed by atoms with van der Waals surface area (Å²) in [5, 5.41) is 3.10. The Morgan fingerprint density at radius 1 is 1.22 bits per heavy atom. The lowest BCUT2D eigenvalue weighted by atomic mass is 9.93. The van der Waals surface area contributed by atoms with Crippen molar-refractivity contribution in [3.05, 3.63) is 59.2 Å². The van der Waals surface area contributed by atoms with Crippen molar-refractivity contribution in [2.24, 2.45) is 0 Å². The van der Waals surface area contributed by atoms with Crippen LogP contribution in [0, 0.1) is 0 Å². The van der Waals surface area contributed by atoms with E-state index < -0.39 is 0 Å². The highest BCUT2D eigenvalue weighted by Gasteiger charge is 2.35. The quantitative estimate of drug-likeness (QED) is 0.863. The van der Waals surface area contributed by atoms with Crippen LogP contribution in [0.5, 0.6) is 5.75 Å². The molecule has 0 radical (unpaired) electrons. The van der Waals surface area contributed by atoms with E-state index in [4.69, 9.17) is 9.78 Å². The Balaban J connectivity index is 1.90. The van der Waals surface area contributed by atoms with Gasteiger partial charge in [-0.1, -0.05) is 30.3 Å². The van der Waals surface area contributed by atoms with Gasteiger partial charge in [-0.05, 0) is 31.5 Å². The molecule has 1 N–H and O–H groups in total. The second-order valence-corrected chi connectivity index (χ2v) is 6.12. The average Bonchev–Trinajstić information content (AvgIpc) is 3.00. The van der Waals surface area contributed by atoms with Crippen LogP contribution >= 0.6 is 0 Å². The molecule has 5 nitrogen and oxygen atoms in total. The first-order valence-corrected chi connectivity index (χ1v) is 7.76. The summed E-state index contributed by atoms with van der Waals surface area (Å²) in [5.41, 5.74) is 3.96. The smallest absolute Gasteiger partial charge is 0.322 e. The zero-order valence-electron chi connectivity index (χ0n) is 13.1. The van der Waals surface area contributed by atoms with Crippen LogP contribution in [-0.2, 0) is 11.5 Å². The molecule has 2 aromatic carbocycles. The number of carbonyl (C=O) groups is 1. The minimum atomic E-state index is -0.191. The highest BCUT2D eigenvalue weighted by atomic mass is 17.2. The van der Waals surface area contributed by atoms with Crippen molar-refractivity contribution in [3.8, 4) is 5.75 Å². The number of hydrogen-bond donors (Lipinski definition) is 1. The topological polar surface area (TPSA) is 50.8 Å². The van der Waals surface area contributed by atoms with Crippen molar-refractivity contribution in [1.82, 2.24) is 5.32 Å². The van der Waals surface area contributed by atoms with Crippen LogP contribution in [0.1, 0.15) is 36.6 Å². The fourth-order valence-electron chi connectivity index (χ4n) is 3.22. The van der Waals surface area contributed by atoms with E-state index in [2.05, 4.69) is 5.32 Å². The van der Waals surface area contributed by atoms with Gasteiger partial charge in [0.05, 0.1) is 11.7 Å². The molecule has 5 heteroatoms. The van der Waals surface area contributed by atoms with Gasteiger partial charge in [-0.3, -0.25) is 4.90 Å². The van der Waals surface area contributed by atoms with Crippen LogP contribution in [0.2, 0.25) is 0 Å². The van der Waals surface area contributed by atoms with Gasteiger partial charge in [0.2, 0.25) is 0 Å². The van der Waals surface area contributed by atoms with Crippen LogP contribution < -0.4 is 15.1 Å². The number of anilines is 1. The molecular formula is C18H18N2O3. The summed E-state index contributed by atoms with van der Waals surface area (Å²) in [6.45, 7) is 4.42. The van der Waals surface area contributed by atoms with Crippen molar-refractivity contribution >= 4 is 11.7 Å². The first-order chi connectivity index (χ1) is 11.1. The average molecular weight is 310 g/mol. The van der Waals surface area contributed by atoms with E-state index in [1.54, 1.807) is 4.90 Å². The number of hydrogen-bond acceptors (Lipinski definition) is 3. The lowest BCUT2D eigenvalue weighted by Crippen LogP contribution is -2.50. The predicted octanol–water partition coefficient (Wildman–Crippen LogP) is 3.54. The Hall–Kier alpha value is -2.53. The van der Waals surface area contributed by atoms with Gasteiger partial charge in [0.15, 0.2) is 5.75 Å². The molecular weight excluding hydrogens is 292 g/mol. The number of fused-ring (bicyclic) bond motifs is 2. The van der Waals surface area contributed by atoms with Gasteiger partial charge in [0.25, 0.3) is 0 Å². The standard InChI is InChI=1S/C18H18N2O3/c1-11(2)20-15-8-13-10-22-23-16(13)9-14(15)17(19-18(20)21)12-6-4-3-5-7-12/h3-9,11,17H,10H2,1-2H3,(H,19,21). The first kappa shape index (κ1) is 14.1. The maximum atomic E-state index is 12.6. The Bertz CT molecular complexity index is 758. The van der Waals surface area contributed by atoms with Gasteiger partial charge in [-0.15, -0.1) is 0 Å². The minimum Gasteiger partial charge on any atom is -0.337 e. The maximum absolute atomic E-state index is 12.6. The molecule has 1 unspecified atom stereocenters. The number of amides is 2. The predicted molar refractivity (Wildman–Crippen MR) is 86.3 cm³/mol. The molecule has 0 fully saturated rings. The normalized spacial score (nSPS) is 19.2. The molecule has 118 valence electrons. The Morgan fingerprint density at radius 3 is 2.74 bits per heavy atom. The van der Waals surface area contributed by atoms with Gasteiger partial charge < -0.3 is 10.2 Å². The third kappa shape index (κ3) is 2.24. The zero-order chi connectivity index (χ0) is 16.0. The molecule has 2 amide bonds. The highest BCUT2D eigenvalue weighted by Crippen LogP contribution is 2.41. The Morgan fingerprint density at radius 2 is 2.00 bits per heavy atom. The van der Waals surface area contributed by atoms with Crippen molar-refractivity contribution in [2.45, 2.75) is 32.5 Å². The van der Waals surface area contributed by atoms with Crippen LogP contribution in [0.4, 0.5) is 10.5 Å². The third-order valence-electron chi connectivity index (χ3n) is 4.28.